The molecule has 1 aliphatic carbocycles. The Balaban J connectivity index is 1.89. The molecule has 3 rings (SSSR count). The second-order valence-corrected chi connectivity index (χ2v) is 6.60. The normalized spacial score (nSPS) is 17.0. The Hall–Kier alpha value is -2.15. The third kappa shape index (κ3) is 3.04. The molecule has 3 N–H and O–H groups in total. The number of nitrogens with one attached hydrogen (secondary N) is 1. The number of aryl methyl sites for hydroxylation is 1. The summed E-state index contributed by atoms with van der Waals surface area (Å²) in [5.74, 6) is 0. The molecule has 0 bridgehead atoms. The molecule has 2 amide bonds. The highest BCUT2D eigenvalue weighted by molar-refractivity contribution is 7.09. The van der Waals surface area contributed by atoms with Crippen LogP contribution in [0.1, 0.15) is 28.4 Å². The number of amides is 2. The van der Waals surface area contributed by atoms with Gasteiger partial charge in [-0.15, -0.1) is 11.3 Å². The number of rotatable bonds is 3. The lowest BCUT2D eigenvalue weighted by Crippen LogP contribution is -2.43. The molecular formula is C15H18N4O2S. The van der Waals surface area contributed by atoms with Crippen molar-refractivity contribution < 1.29 is 4.79 Å². The highest BCUT2D eigenvalue weighted by atomic mass is 32.1. The molecule has 116 valence electrons. The van der Waals surface area contributed by atoms with Crippen LogP contribution in [0.5, 0.6) is 0 Å². The number of carbonyl (C=O) groups excluding carboxylic acids is 1. The summed E-state index contributed by atoms with van der Waals surface area (Å²) >= 11 is 1.59. The van der Waals surface area contributed by atoms with Gasteiger partial charge >= 0.3 is 6.03 Å². The lowest BCUT2D eigenvalue weighted by Gasteiger charge is -2.27. The van der Waals surface area contributed by atoms with Gasteiger partial charge in [-0.05, 0) is 31.7 Å². The van der Waals surface area contributed by atoms with Gasteiger partial charge in [-0.3, -0.25) is 4.79 Å². The minimum Gasteiger partial charge on any atom is -0.352 e. The second-order valence-electron chi connectivity index (χ2n) is 5.54. The van der Waals surface area contributed by atoms with Gasteiger partial charge in [-0.1, -0.05) is 6.07 Å². The Morgan fingerprint density at radius 2 is 2.36 bits per heavy atom. The third-order valence-corrected chi connectivity index (χ3v) is 4.74. The Morgan fingerprint density at radius 1 is 1.55 bits per heavy atom. The quantitative estimate of drug-likeness (QED) is 0.890. The van der Waals surface area contributed by atoms with Crippen LogP contribution in [-0.4, -0.2) is 21.6 Å². The first-order valence-corrected chi connectivity index (χ1v) is 8.09. The van der Waals surface area contributed by atoms with Crippen LogP contribution in [0.2, 0.25) is 0 Å². The van der Waals surface area contributed by atoms with Crippen LogP contribution in [0.15, 0.2) is 22.3 Å². The summed E-state index contributed by atoms with van der Waals surface area (Å²) < 4.78 is 1.80. The van der Waals surface area contributed by atoms with Crippen LogP contribution in [0.4, 0.5) is 4.79 Å². The van der Waals surface area contributed by atoms with Gasteiger partial charge in [-0.25, -0.2) is 9.78 Å². The third-order valence-electron chi connectivity index (χ3n) is 3.92. The van der Waals surface area contributed by atoms with Crippen molar-refractivity contribution in [2.75, 3.05) is 0 Å². The largest absolute Gasteiger partial charge is 0.352 e. The number of fused-ring (bicyclic) bond motifs is 1. The van der Waals surface area contributed by atoms with E-state index in [-0.39, 0.29) is 11.6 Å². The maximum absolute atomic E-state index is 12.2. The molecule has 0 aromatic carbocycles. The van der Waals surface area contributed by atoms with Crippen molar-refractivity contribution >= 4 is 17.4 Å². The SMILES string of the molecule is Cc1nc(Cn2c3c(ccc2=O)C[C@H](NC(N)=O)CC3)cs1. The molecule has 0 unspecified atom stereocenters. The zero-order valence-electron chi connectivity index (χ0n) is 12.3. The number of hydrogen-bond donors (Lipinski definition) is 2. The van der Waals surface area contributed by atoms with E-state index < -0.39 is 6.03 Å². The van der Waals surface area contributed by atoms with Crippen LogP contribution in [-0.2, 0) is 19.4 Å². The molecule has 0 aliphatic heterocycles. The smallest absolute Gasteiger partial charge is 0.312 e. The number of thiazole rings is 1. The summed E-state index contributed by atoms with van der Waals surface area (Å²) in [7, 11) is 0. The lowest BCUT2D eigenvalue weighted by atomic mass is 9.91. The van der Waals surface area contributed by atoms with E-state index in [0.717, 1.165) is 34.8 Å². The first-order valence-electron chi connectivity index (χ1n) is 7.21. The summed E-state index contributed by atoms with van der Waals surface area (Å²) in [5.41, 5.74) is 8.23. The molecule has 0 saturated heterocycles. The zero-order valence-corrected chi connectivity index (χ0v) is 13.2. The molecule has 6 nitrogen and oxygen atoms in total. The molecule has 22 heavy (non-hydrogen) atoms. The summed E-state index contributed by atoms with van der Waals surface area (Å²) in [5, 5.41) is 5.74. The molecule has 0 saturated carbocycles. The topological polar surface area (TPSA) is 90.0 Å². The summed E-state index contributed by atoms with van der Waals surface area (Å²) in [4.78, 5) is 27.6. The lowest BCUT2D eigenvalue weighted by molar-refractivity contribution is 0.243. The van der Waals surface area contributed by atoms with Crippen molar-refractivity contribution in [1.82, 2.24) is 14.9 Å². The number of aromatic nitrogens is 2. The van der Waals surface area contributed by atoms with Crippen molar-refractivity contribution in [2.24, 2.45) is 5.73 Å². The van der Waals surface area contributed by atoms with E-state index in [1.807, 2.05) is 18.4 Å². The second kappa shape index (κ2) is 5.92. The van der Waals surface area contributed by atoms with Gasteiger partial charge in [0.05, 0.1) is 17.2 Å². The number of nitrogens with zero attached hydrogens (tertiary/aromatic N) is 2. The number of urea groups is 1. The van der Waals surface area contributed by atoms with Crippen LogP contribution < -0.4 is 16.6 Å². The monoisotopic (exact) mass is 318 g/mol. The van der Waals surface area contributed by atoms with Crippen LogP contribution >= 0.6 is 11.3 Å². The molecule has 7 heteroatoms. The highest BCUT2D eigenvalue weighted by Gasteiger charge is 2.22. The number of primary amides is 1. The zero-order chi connectivity index (χ0) is 15.7. The molecular weight excluding hydrogens is 300 g/mol. The molecule has 2 aromatic rings. The fraction of sp³-hybridized carbons (Fsp3) is 0.400. The van der Waals surface area contributed by atoms with Crippen molar-refractivity contribution in [3.05, 3.63) is 49.8 Å². The Bertz CT molecular complexity index is 765. The average Bonchev–Trinajstić information content (AvgIpc) is 2.87. The summed E-state index contributed by atoms with van der Waals surface area (Å²) in [6.45, 7) is 2.46. The fourth-order valence-corrected chi connectivity index (χ4v) is 3.57. The van der Waals surface area contributed by atoms with Gasteiger partial charge < -0.3 is 15.6 Å². The predicted octanol–water partition coefficient (Wildman–Crippen LogP) is 1.19. The van der Waals surface area contributed by atoms with E-state index in [9.17, 15) is 9.59 Å². The minimum absolute atomic E-state index is 0.00860. The standard InChI is InChI=1S/C15H18N4O2S/c1-9-17-12(8-22-9)7-19-13-4-3-11(18-15(16)21)6-10(13)2-5-14(19)20/h2,5,8,11H,3-4,6-7H2,1H3,(H3,16,18,21)/t11-/m1/s1. The van der Waals surface area contributed by atoms with Crippen molar-refractivity contribution in [2.45, 2.75) is 38.8 Å². The number of hydrogen-bond acceptors (Lipinski definition) is 4. The van der Waals surface area contributed by atoms with Crippen LogP contribution in [0.3, 0.4) is 0 Å². The predicted molar refractivity (Wildman–Crippen MR) is 85.2 cm³/mol. The van der Waals surface area contributed by atoms with Crippen molar-refractivity contribution in [1.29, 1.82) is 0 Å². The maximum atomic E-state index is 12.2. The fourth-order valence-electron chi connectivity index (χ4n) is 2.96. The summed E-state index contributed by atoms with van der Waals surface area (Å²) in [6, 6.07) is 2.98. The van der Waals surface area contributed by atoms with E-state index in [4.69, 9.17) is 5.73 Å². The van der Waals surface area contributed by atoms with E-state index in [1.54, 1.807) is 22.0 Å². The van der Waals surface area contributed by atoms with E-state index in [2.05, 4.69) is 10.3 Å². The molecule has 1 aliphatic rings. The molecule has 0 fully saturated rings. The maximum Gasteiger partial charge on any atom is 0.312 e. The molecule has 2 heterocycles. The number of carbonyl (C=O) groups is 1. The molecule has 1 atom stereocenters. The molecule has 0 spiro atoms. The van der Waals surface area contributed by atoms with Gasteiger partial charge in [-0.2, -0.15) is 0 Å². The minimum atomic E-state index is -0.500. The first kappa shape index (κ1) is 14.8. The van der Waals surface area contributed by atoms with Gasteiger partial charge in [0.2, 0.25) is 0 Å². The van der Waals surface area contributed by atoms with E-state index in [0.29, 0.717) is 13.0 Å². The van der Waals surface area contributed by atoms with Gasteiger partial charge in [0.25, 0.3) is 5.56 Å². The Labute approximate surface area is 132 Å². The Morgan fingerprint density at radius 3 is 3.05 bits per heavy atom. The van der Waals surface area contributed by atoms with E-state index >= 15 is 0 Å². The molecule has 0 radical (unpaired) electrons. The Kier molecular flexibility index (Phi) is 3.98. The van der Waals surface area contributed by atoms with E-state index in [1.165, 1.54) is 0 Å². The highest BCUT2D eigenvalue weighted by Crippen LogP contribution is 2.21. The summed E-state index contributed by atoms with van der Waals surface area (Å²) in [6.07, 6.45) is 2.24. The van der Waals surface area contributed by atoms with Gasteiger partial charge in [0, 0.05) is 23.2 Å². The first-order chi connectivity index (χ1) is 10.5. The average molecular weight is 318 g/mol. The van der Waals surface area contributed by atoms with Crippen LogP contribution in [0, 0.1) is 6.92 Å². The van der Waals surface area contributed by atoms with Crippen LogP contribution in [0.25, 0.3) is 0 Å². The number of pyridine rings is 1. The number of nitrogens with two attached hydrogens (primary N) is 1. The molecule has 2 aromatic heterocycles. The van der Waals surface area contributed by atoms with Gasteiger partial charge in [0.1, 0.15) is 0 Å². The van der Waals surface area contributed by atoms with Crippen molar-refractivity contribution in [3.63, 3.8) is 0 Å². The van der Waals surface area contributed by atoms with Crippen molar-refractivity contribution in [3.8, 4) is 0 Å². The van der Waals surface area contributed by atoms with Gasteiger partial charge in [0.15, 0.2) is 0 Å².